The fourth-order valence-electron chi connectivity index (χ4n) is 9.33. The summed E-state index contributed by atoms with van der Waals surface area (Å²) in [5, 5.41) is 24.6. The van der Waals surface area contributed by atoms with Crippen LogP contribution in [0.2, 0.25) is 0 Å². The number of hydrogen-bond donors (Lipinski definition) is 4. The SMILES string of the molecule is CC(CCCNCCS(=O)(=O)O)C1CCC2C3CC(O)C4CC(O)CCC4(C)C3CCC12C. The smallest absolute Gasteiger partial charge is 0.266 e. The summed E-state index contributed by atoms with van der Waals surface area (Å²) in [5.74, 6) is 3.41. The highest BCUT2D eigenvalue weighted by atomic mass is 32.2. The highest BCUT2D eigenvalue weighted by Gasteiger charge is 2.62. The second kappa shape index (κ2) is 9.68. The van der Waals surface area contributed by atoms with Gasteiger partial charge in [-0.15, -0.1) is 0 Å². The third kappa shape index (κ3) is 5.04. The summed E-state index contributed by atoms with van der Waals surface area (Å²) < 4.78 is 30.5. The van der Waals surface area contributed by atoms with Crippen LogP contribution >= 0.6 is 0 Å². The number of hydrogen-bond acceptors (Lipinski definition) is 5. The number of nitrogens with one attached hydrogen (secondary N) is 1. The third-order valence-electron chi connectivity index (χ3n) is 11.0. The van der Waals surface area contributed by atoms with Gasteiger partial charge in [-0.25, -0.2) is 0 Å². The van der Waals surface area contributed by atoms with Crippen LogP contribution in [0, 0.1) is 46.3 Å². The largest absolute Gasteiger partial charge is 0.393 e. The van der Waals surface area contributed by atoms with Crippen LogP contribution in [0.25, 0.3) is 0 Å². The van der Waals surface area contributed by atoms with Crippen LogP contribution in [0.5, 0.6) is 0 Å². The summed E-state index contributed by atoms with van der Waals surface area (Å²) in [6.45, 7) is 8.46. The van der Waals surface area contributed by atoms with Gasteiger partial charge in [-0.1, -0.05) is 20.8 Å². The van der Waals surface area contributed by atoms with Crippen LogP contribution in [0.15, 0.2) is 0 Å². The van der Waals surface area contributed by atoms with Gasteiger partial charge >= 0.3 is 0 Å². The van der Waals surface area contributed by atoms with Gasteiger partial charge in [-0.05, 0) is 117 Å². The molecule has 4 aliphatic rings. The second-order valence-electron chi connectivity index (χ2n) is 12.6. The Hall–Kier alpha value is -0.210. The molecule has 0 aromatic rings. The van der Waals surface area contributed by atoms with Crippen LogP contribution in [-0.4, -0.2) is 54.2 Å². The van der Waals surface area contributed by atoms with Crippen molar-refractivity contribution in [2.24, 2.45) is 46.3 Å². The van der Waals surface area contributed by atoms with Crippen molar-refractivity contribution in [3.8, 4) is 0 Å². The van der Waals surface area contributed by atoms with Gasteiger partial charge in [0.15, 0.2) is 0 Å². The molecule has 7 heteroatoms. The first kappa shape index (κ1) is 25.9. The Labute approximate surface area is 201 Å². The fourth-order valence-corrected chi connectivity index (χ4v) is 9.73. The molecule has 0 bridgehead atoms. The molecule has 0 saturated heterocycles. The third-order valence-corrected chi connectivity index (χ3v) is 11.7. The van der Waals surface area contributed by atoms with E-state index in [-0.39, 0.29) is 29.3 Å². The molecule has 0 radical (unpaired) electrons. The first-order valence-electron chi connectivity index (χ1n) is 13.5. The molecule has 0 aromatic heterocycles. The van der Waals surface area contributed by atoms with E-state index in [1.165, 1.54) is 25.7 Å². The van der Waals surface area contributed by atoms with Crippen molar-refractivity contribution >= 4 is 10.1 Å². The zero-order valence-electron chi connectivity index (χ0n) is 20.9. The van der Waals surface area contributed by atoms with Crippen LogP contribution in [0.3, 0.4) is 0 Å². The number of aliphatic hydroxyl groups excluding tert-OH is 2. The monoisotopic (exact) mass is 485 g/mol. The second-order valence-corrected chi connectivity index (χ2v) is 14.2. The van der Waals surface area contributed by atoms with E-state index >= 15 is 0 Å². The van der Waals surface area contributed by atoms with Gasteiger partial charge in [0.2, 0.25) is 0 Å². The van der Waals surface area contributed by atoms with Crippen molar-refractivity contribution in [1.29, 1.82) is 0 Å². The maximum atomic E-state index is 11.2. The predicted octanol–water partition coefficient (Wildman–Crippen LogP) is 3.87. The Bertz CT molecular complexity index is 790. The minimum Gasteiger partial charge on any atom is -0.393 e. The molecule has 4 fully saturated rings. The lowest BCUT2D eigenvalue weighted by molar-refractivity contribution is -0.172. The molecule has 6 nitrogen and oxygen atoms in total. The molecule has 0 heterocycles. The quantitative estimate of drug-likeness (QED) is 0.307. The maximum Gasteiger partial charge on any atom is 0.266 e. The van der Waals surface area contributed by atoms with Crippen LogP contribution in [-0.2, 0) is 10.1 Å². The topological polar surface area (TPSA) is 107 Å². The molecule has 4 aliphatic carbocycles. The maximum absolute atomic E-state index is 11.2. The molecule has 10 unspecified atom stereocenters. The molecular formula is C26H47NO5S. The van der Waals surface area contributed by atoms with Crippen molar-refractivity contribution in [3.63, 3.8) is 0 Å². The molecule has 4 saturated carbocycles. The summed E-state index contributed by atoms with van der Waals surface area (Å²) in [4.78, 5) is 0. The van der Waals surface area contributed by atoms with Crippen molar-refractivity contribution in [2.45, 2.75) is 97.2 Å². The highest BCUT2D eigenvalue weighted by molar-refractivity contribution is 7.85. The molecule has 10 atom stereocenters. The van der Waals surface area contributed by atoms with Crippen LogP contribution in [0.1, 0.15) is 85.0 Å². The van der Waals surface area contributed by atoms with Gasteiger partial charge in [-0.2, -0.15) is 8.42 Å². The highest BCUT2D eigenvalue weighted by Crippen LogP contribution is 2.68. The van der Waals surface area contributed by atoms with Gasteiger partial charge in [0.1, 0.15) is 0 Å². The first-order chi connectivity index (χ1) is 15.5. The fraction of sp³-hybridized carbons (Fsp3) is 1.00. The van der Waals surface area contributed by atoms with E-state index in [4.69, 9.17) is 4.55 Å². The zero-order chi connectivity index (χ0) is 24.0. The van der Waals surface area contributed by atoms with Crippen molar-refractivity contribution in [2.75, 3.05) is 18.8 Å². The minimum absolute atomic E-state index is 0.181. The summed E-state index contributed by atoms with van der Waals surface area (Å²) in [5.41, 5.74) is 0.538. The molecule has 4 rings (SSSR count). The Morgan fingerprint density at radius 1 is 0.939 bits per heavy atom. The molecule has 4 N–H and O–H groups in total. The molecule has 0 aliphatic heterocycles. The van der Waals surface area contributed by atoms with Crippen molar-refractivity contribution in [1.82, 2.24) is 5.32 Å². The molecule has 0 spiro atoms. The van der Waals surface area contributed by atoms with Gasteiger partial charge in [-0.3, -0.25) is 4.55 Å². The molecule has 0 amide bonds. The Morgan fingerprint density at radius 2 is 1.64 bits per heavy atom. The Balaban J connectivity index is 1.36. The molecule has 33 heavy (non-hydrogen) atoms. The van der Waals surface area contributed by atoms with E-state index in [0.717, 1.165) is 51.0 Å². The summed E-state index contributed by atoms with van der Waals surface area (Å²) >= 11 is 0. The Morgan fingerprint density at radius 3 is 2.36 bits per heavy atom. The van der Waals surface area contributed by atoms with Gasteiger partial charge < -0.3 is 15.5 Å². The van der Waals surface area contributed by atoms with Crippen molar-refractivity contribution < 1.29 is 23.2 Å². The van der Waals surface area contributed by atoms with E-state index in [1.807, 2.05) is 0 Å². The summed E-state index contributed by atoms with van der Waals surface area (Å²) in [6.07, 6.45) is 10.5. The van der Waals surface area contributed by atoms with E-state index in [9.17, 15) is 18.6 Å². The summed E-state index contributed by atoms with van der Waals surface area (Å²) in [7, 11) is -3.88. The first-order valence-corrected chi connectivity index (χ1v) is 15.1. The summed E-state index contributed by atoms with van der Waals surface area (Å²) in [6, 6.07) is 0. The number of aliphatic hydroxyl groups is 2. The van der Waals surface area contributed by atoms with E-state index in [1.54, 1.807) is 0 Å². The van der Waals surface area contributed by atoms with Gasteiger partial charge in [0, 0.05) is 6.54 Å². The van der Waals surface area contributed by atoms with Crippen molar-refractivity contribution in [3.05, 3.63) is 0 Å². The average Bonchev–Trinajstić information content (AvgIpc) is 3.08. The predicted molar refractivity (Wildman–Crippen MR) is 130 cm³/mol. The van der Waals surface area contributed by atoms with Crippen LogP contribution < -0.4 is 5.32 Å². The lowest BCUT2D eigenvalue weighted by Crippen LogP contribution is -2.58. The average molecular weight is 486 g/mol. The zero-order valence-corrected chi connectivity index (χ0v) is 21.7. The number of rotatable bonds is 8. The van der Waals surface area contributed by atoms with E-state index < -0.39 is 10.1 Å². The van der Waals surface area contributed by atoms with Gasteiger partial charge in [0.25, 0.3) is 10.1 Å². The van der Waals surface area contributed by atoms with E-state index in [0.29, 0.717) is 35.6 Å². The standard InChI is InChI=1S/C26H47NO5S/c1-17(5-4-12-27-13-14-33(30,31)32)20-6-7-21-19-16-24(29)23-15-18(28)8-10-26(23,3)22(19)9-11-25(20,21)2/h17-24,27-29H,4-16H2,1-3H3,(H,30,31,32). The Kier molecular flexibility index (Phi) is 7.59. The molecule has 0 aromatic carbocycles. The molecular weight excluding hydrogens is 438 g/mol. The van der Waals surface area contributed by atoms with Gasteiger partial charge in [0.05, 0.1) is 18.0 Å². The van der Waals surface area contributed by atoms with Crippen LogP contribution in [0.4, 0.5) is 0 Å². The molecule has 192 valence electrons. The van der Waals surface area contributed by atoms with E-state index in [2.05, 4.69) is 26.1 Å². The normalized spacial score (nSPS) is 46.3. The minimum atomic E-state index is -3.88. The lowest BCUT2D eigenvalue weighted by atomic mass is 9.44. The number of fused-ring (bicyclic) bond motifs is 5. The lowest BCUT2D eigenvalue weighted by Gasteiger charge is -2.62.